The third-order valence-corrected chi connectivity index (χ3v) is 5.89. The van der Waals surface area contributed by atoms with E-state index in [1.54, 1.807) is 0 Å². The smallest absolute Gasteiger partial charge is 0.0630 e. The maximum Gasteiger partial charge on any atom is 0.0630 e. The van der Waals surface area contributed by atoms with E-state index in [0.29, 0.717) is 11.5 Å². The third kappa shape index (κ3) is 2.98. The molecule has 18 heavy (non-hydrogen) atoms. The molecule has 0 aromatic carbocycles. The molecule has 0 unspecified atom stereocenters. The van der Waals surface area contributed by atoms with Crippen LogP contribution in [0.25, 0.3) is 0 Å². The second-order valence-electron chi connectivity index (χ2n) is 5.74. The van der Waals surface area contributed by atoms with Crippen LogP contribution in [0.1, 0.15) is 64.1 Å². The molecule has 1 aliphatic carbocycles. The molecule has 2 rings (SSSR count). The summed E-state index contributed by atoms with van der Waals surface area (Å²) in [6.07, 6.45) is 11.1. The molecule has 0 atom stereocenters. The summed E-state index contributed by atoms with van der Waals surface area (Å²) in [6, 6.07) is 2.89. The van der Waals surface area contributed by atoms with Crippen LogP contribution in [0.2, 0.25) is 0 Å². The summed E-state index contributed by atoms with van der Waals surface area (Å²) in [5.41, 5.74) is 1.65. The quantitative estimate of drug-likeness (QED) is 0.694. The predicted octanol–water partition coefficient (Wildman–Crippen LogP) is 4.74. The Morgan fingerprint density at radius 3 is 2.56 bits per heavy atom. The summed E-state index contributed by atoms with van der Waals surface area (Å²) in [6.45, 7) is 4.58. The topological polar surface area (TPSA) is 17.8 Å². The van der Waals surface area contributed by atoms with Gasteiger partial charge in [-0.05, 0) is 43.6 Å². The maximum absolute atomic E-state index is 4.82. The van der Waals surface area contributed by atoms with Crippen molar-refractivity contribution in [2.24, 2.45) is 5.41 Å². The summed E-state index contributed by atoms with van der Waals surface area (Å²) in [5, 5.41) is 5.89. The lowest BCUT2D eigenvalue weighted by Gasteiger charge is -2.28. The summed E-state index contributed by atoms with van der Waals surface area (Å²) in [7, 11) is 0. The number of nitrogens with zero attached hydrogens (tertiary/aromatic N) is 2. The van der Waals surface area contributed by atoms with Crippen LogP contribution in [0.4, 0.5) is 0 Å². The Bertz CT molecular complexity index is 354. The molecule has 1 heterocycles. The van der Waals surface area contributed by atoms with E-state index in [9.17, 15) is 0 Å². The van der Waals surface area contributed by atoms with E-state index in [1.165, 1.54) is 44.2 Å². The van der Waals surface area contributed by atoms with E-state index in [0.717, 1.165) is 11.8 Å². The van der Waals surface area contributed by atoms with Gasteiger partial charge in [-0.15, -0.1) is 0 Å². The Morgan fingerprint density at radius 2 is 2.00 bits per heavy atom. The Labute approximate surface area is 119 Å². The van der Waals surface area contributed by atoms with Crippen molar-refractivity contribution in [3.8, 4) is 0 Å². The van der Waals surface area contributed by atoms with Gasteiger partial charge in [-0.3, -0.25) is 4.68 Å². The van der Waals surface area contributed by atoms with Crippen molar-refractivity contribution in [1.82, 2.24) is 9.78 Å². The predicted molar refractivity (Wildman–Crippen MR) is 80.2 cm³/mol. The van der Waals surface area contributed by atoms with Crippen molar-refractivity contribution in [1.29, 1.82) is 0 Å². The fourth-order valence-corrected chi connectivity index (χ4v) is 3.96. The molecule has 0 aliphatic heterocycles. The van der Waals surface area contributed by atoms with Crippen molar-refractivity contribution >= 4 is 15.9 Å². The highest BCUT2D eigenvalue weighted by molar-refractivity contribution is 9.09. The molecule has 2 nitrogen and oxygen atoms in total. The number of hydrogen-bond acceptors (Lipinski definition) is 1. The molecule has 1 aromatic rings. The van der Waals surface area contributed by atoms with Crippen LogP contribution < -0.4 is 0 Å². The molecule has 0 amide bonds. The second-order valence-corrected chi connectivity index (χ2v) is 6.30. The van der Waals surface area contributed by atoms with Crippen LogP contribution >= 0.6 is 15.9 Å². The first-order valence-corrected chi connectivity index (χ1v) is 8.45. The van der Waals surface area contributed by atoms with Crippen LogP contribution in [0.15, 0.2) is 12.3 Å². The zero-order chi connectivity index (χ0) is 13.0. The minimum absolute atomic E-state index is 0.384. The lowest BCUT2D eigenvalue weighted by molar-refractivity contribution is 0.301. The van der Waals surface area contributed by atoms with E-state index < -0.39 is 0 Å². The number of alkyl halides is 1. The van der Waals surface area contributed by atoms with Gasteiger partial charge in [0, 0.05) is 11.5 Å². The van der Waals surface area contributed by atoms with Crippen LogP contribution in [-0.2, 0) is 6.42 Å². The average molecular weight is 313 g/mol. The van der Waals surface area contributed by atoms with E-state index in [1.807, 2.05) is 0 Å². The first kappa shape index (κ1) is 14.1. The van der Waals surface area contributed by atoms with Gasteiger partial charge in [-0.1, -0.05) is 42.6 Å². The largest absolute Gasteiger partial charge is 0.269 e. The van der Waals surface area contributed by atoms with E-state index >= 15 is 0 Å². The molecule has 0 N–H and O–H groups in total. The van der Waals surface area contributed by atoms with E-state index in [-0.39, 0.29) is 0 Å². The summed E-state index contributed by atoms with van der Waals surface area (Å²) >= 11 is 3.69. The Morgan fingerprint density at radius 1 is 1.33 bits per heavy atom. The van der Waals surface area contributed by atoms with E-state index in [4.69, 9.17) is 5.10 Å². The highest BCUT2D eigenvalue weighted by atomic mass is 79.9. The lowest BCUT2D eigenvalue weighted by Crippen LogP contribution is -2.24. The maximum atomic E-state index is 4.82. The fourth-order valence-electron chi connectivity index (χ4n) is 2.96. The van der Waals surface area contributed by atoms with Gasteiger partial charge in [0.05, 0.1) is 11.7 Å². The van der Waals surface area contributed by atoms with Gasteiger partial charge in [0.2, 0.25) is 0 Å². The van der Waals surface area contributed by atoms with Crippen molar-refractivity contribution in [2.45, 2.75) is 64.8 Å². The average Bonchev–Trinajstić information content (AvgIpc) is 3.07. The highest BCUT2D eigenvalue weighted by Crippen LogP contribution is 2.33. The zero-order valence-electron chi connectivity index (χ0n) is 11.7. The number of halogens is 1. The molecule has 1 fully saturated rings. The zero-order valence-corrected chi connectivity index (χ0v) is 13.2. The monoisotopic (exact) mass is 312 g/mol. The van der Waals surface area contributed by atoms with Crippen LogP contribution in [0.5, 0.6) is 0 Å². The van der Waals surface area contributed by atoms with Gasteiger partial charge in [0.15, 0.2) is 0 Å². The number of rotatable bonds is 6. The van der Waals surface area contributed by atoms with Gasteiger partial charge in [0.25, 0.3) is 0 Å². The molecule has 1 saturated carbocycles. The van der Waals surface area contributed by atoms with Crippen molar-refractivity contribution in [2.75, 3.05) is 5.33 Å². The molecule has 0 saturated heterocycles. The molecular weight excluding hydrogens is 288 g/mol. The van der Waals surface area contributed by atoms with Gasteiger partial charge in [0.1, 0.15) is 0 Å². The first-order chi connectivity index (χ1) is 8.73. The summed E-state index contributed by atoms with van der Waals surface area (Å²) in [4.78, 5) is 0. The first-order valence-electron chi connectivity index (χ1n) is 7.33. The standard InChI is InChI=1S/C15H25BrN2/c1-3-15(4-2,12-16)11-13-9-10-18(17-13)14-7-5-6-8-14/h9-10,14H,3-8,11-12H2,1-2H3. The lowest BCUT2D eigenvalue weighted by atomic mass is 9.80. The normalized spacial score (nSPS) is 17.5. The number of hydrogen-bond donors (Lipinski definition) is 0. The van der Waals surface area contributed by atoms with Crippen molar-refractivity contribution in [3.63, 3.8) is 0 Å². The van der Waals surface area contributed by atoms with Crippen LogP contribution in [0.3, 0.4) is 0 Å². The molecule has 0 spiro atoms. The van der Waals surface area contributed by atoms with Crippen molar-refractivity contribution < 1.29 is 0 Å². The van der Waals surface area contributed by atoms with E-state index in [2.05, 4.69) is 46.7 Å². The Hall–Kier alpha value is -0.310. The summed E-state index contributed by atoms with van der Waals surface area (Å²) < 4.78 is 2.21. The molecule has 0 bridgehead atoms. The Kier molecular flexibility index (Phi) is 4.88. The third-order valence-electron chi connectivity index (χ3n) is 4.70. The molecular formula is C15H25BrN2. The van der Waals surface area contributed by atoms with Gasteiger partial charge < -0.3 is 0 Å². The minimum atomic E-state index is 0.384. The van der Waals surface area contributed by atoms with Crippen molar-refractivity contribution in [3.05, 3.63) is 18.0 Å². The molecule has 1 aromatic heterocycles. The molecule has 1 aliphatic rings. The van der Waals surface area contributed by atoms with Crippen LogP contribution in [-0.4, -0.2) is 15.1 Å². The molecule has 0 radical (unpaired) electrons. The van der Waals surface area contributed by atoms with Crippen LogP contribution in [0, 0.1) is 5.41 Å². The highest BCUT2D eigenvalue weighted by Gasteiger charge is 2.26. The Balaban J connectivity index is 2.05. The fraction of sp³-hybridized carbons (Fsp3) is 0.800. The van der Waals surface area contributed by atoms with Gasteiger partial charge in [-0.25, -0.2) is 0 Å². The SMILES string of the molecule is CCC(CC)(CBr)Cc1ccn(C2CCCC2)n1. The van der Waals surface area contributed by atoms with Gasteiger partial charge >= 0.3 is 0 Å². The van der Waals surface area contributed by atoms with Gasteiger partial charge in [-0.2, -0.15) is 5.10 Å². The summed E-state index contributed by atoms with van der Waals surface area (Å²) in [5.74, 6) is 0. The number of aromatic nitrogens is 2. The minimum Gasteiger partial charge on any atom is -0.269 e. The molecule has 3 heteroatoms. The molecule has 102 valence electrons. The second kappa shape index (κ2) is 6.23.